The Balaban J connectivity index is 1.41. The third-order valence-corrected chi connectivity index (χ3v) is 13.1. The Morgan fingerprint density at radius 3 is 1.21 bits per heavy atom. The van der Waals surface area contributed by atoms with Gasteiger partial charge in [0.2, 0.25) is 0 Å². The zero-order valence-corrected chi connectivity index (χ0v) is 25.5. The van der Waals surface area contributed by atoms with Crippen molar-refractivity contribution in [1.82, 2.24) is 9.80 Å². The van der Waals surface area contributed by atoms with Crippen molar-refractivity contribution >= 4 is 29.1 Å². The van der Waals surface area contributed by atoms with Crippen molar-refractivity contribution in [2.45, 2.75) is 20.0 Å². The molecule has 0 heterocycles. The minimum atomic E-state index is -2.42. The normalized spacial score (nSPS) is 11.8. The number of carbonyl (C=O) groups is 1. The van der Waals surface area contributed by atoms with E-state index in [1.165, 1.54) is 27.0 Å². The second-order valence-electron chi connectivity index (χ2n) is 10.9. The summed E-state index contributed by atoms with van der Waals surface area (Å²) in [7, 11) is -2.42. The molecule has 0 aromatic heterocycles. The van der Waals surface area contributed by atoms with Crippen LogP contribution in [-0.4, -0.2) is 41.5 Å². The van der Waals surface area contributed by atoms with E-state index in [4.69, 9.17) is 0 Å². The van der Waals surface area contributed by atoms with Crippen molar-refractivity contribution < 1.29 is 4.79 Å². The van der Waals surface area contributed by atoms with Gasteiger partial charge in [0.05, 0.1) is 0 Å². The average Bonchev–Trinajstić information content (AvgIpc) is 3.05. The van der Waals surface area contributed by atoms with Gasteiger partial charge in [-0.25, -0.2) is 0 Å². The molecule has 0 aliphatic heterocycles. The first-order chi connectivity index (χ1) is 20.6. The average molecular weight is 573 g/mol. The van der Waals surface area contributed by atoms with Crippen molar-refractivity contribution in [2.75, 3.05) is 25.8 Å². The Morgan fingerprint density at radius 2 is 0.857 bits per heavy atom. The van der Waals surface area contributed by atoms with Gasteiger partial charge in [-0.15, -0.1) is 0 Å². The summed E-state index contributed by atoms with van der Waals surface area (Å²) in [5.74, 6) is 0.131. The molecule has 5 aromatic rings. The van der Waals surface area contributed by atoms with Gasteiger partial charge >= 0.3 is 252 Å². The van der Waals surface area contributed by atoms with Crippen LogP contribution in [0.3, 0.4) is 0 Å². The zero-order valence-electron chi connectivity index (χ0n) is 24.5. The number of amides is 1. The molecule has 5 rings (SSSR count). The molecule has 214 valence electrons. The number of nitrogens with zero attached hydrogens (tertiary/aromatic N) is 2. The van der Waals surface area contributed by atoms with Gasteiger partial charge in [0.15, 0.2) is 0 Å². The Hall–Kier alpha value is -4.04. The molecule has 0 spiro atoms. The monoisotopic (exact) mass is 572 g/mol. The minimum absolute atomic E-state index is 0.131. The predicted octanol–water partition coefficient (Wildman–Crippen LogP) is 6.26. The Morgan fingerprint density at radius 1 is 0.500 bits per heavy atom. The second kappa shape index (κ2) is 14.7. The van der Waals surface area contributed by atoms with E-state index in [9.17, 15) is 4.79 Å². The molecule has 4 heteroatoms. The third-order valence-electron chi connectivity index (χ3n) is 8.19. The van der Waals surface area contributed by atoms with E-state index in [0.717, 1.165) is 25.8 Å². The second-order valence-corrected chi connectivity index (χ2v) is 15.0. The molecule has 0 unspecified atom stereocenters. The molecule has 42 heavy (non-hydrogen) atoms. The van der Waals surface area contributed by atoms with Gasteiger partial charge in [-0.2, -0.15) is 0 Å². The third kappa shape index (κ3) is 7.42. The molecule has 0 fully saturated rings. The standard InChI is InChI=1S/C38H41N2OP/c1-33(41)40(28-27-39(31-34-17-7-2-8-18-34)32-35-19-9-3-10-20-35)29-30-42(36-21-11-4-12-22-36,37-23-13-5-14-24-37)38-25-15-6-16-26-38/h2-26,42H,27-32H2,1H3. The number of benzene rings is 5. The van der Waals surface area contributed by atoms with Crippen LogP contribution in [0.15, 0.2) is 152 Å². The van der Waals surface area contributed by atoms with E-state index in [0.29, 0.717) is 13.1 Å². The van der Waals surface area contributed by atoms with Crippen molar-refractivity contribution in [3.8, 4) is 0 Å². The maximum atomic E-state index is 13.1. The van der Waals surface area contributed by atoms with E-state index in [1.54, 1.807) is 6.92 Å². The van der Waals surface area contributed by atoms with Crippen LogP contribution < -0.4 is 15.9 Å². The zero-order chi connectivity index (χ0) is 29.0. The summed E-state index contributed by atoms with van der Waals surface area (Å²) in [5, 5.41) is 4.13. The fourth-order valence-electron chi connectivity index (χ4n) is 5.99. The summed E-state index contributed by atoms with van der Waals surface area (Å²) < 4.78 is 0. The quantitative estimate of drug-likeness (QED) is 0.156. The Labute approximate surface area is 251 Å². The first-order valence-corrected chi connectivity index (χ1v) is 17.1. The van der Waals surface area contributed by atoms with Gasteiger partial charge in [-0.1, -0.05) is 0 Å². The van der Waals surface area contributed by atoms with Crippen molar-refractivity contribution in [1.29, 1.82) is 0 Å². The van der Waals surface area contributed by atoms with Crippen LogP contribution in [0, 0.1) is 0 Å². The molecule has 0 atom stereocenters. The van der Waals surface area contributed by atoms with Crippen molar-refractivity contribution in [3.63, 3.8) is 0 Å². The van der Waals surface area contributed by atoms with Gasteiger partial charge in [-0.3, -0.25) is 0 Å². The van der Waals surface area contributed by atoms with E-state index in [-0.39, 0.29) is 5.91 Å². The summed E-state index contributed by atoms with van der Waals surface area (Å²) in [5.41, 5.74) is 2.57. The number of hydrogen-bond acceptors (Lipinski definition) is 2. The Kier molecular flexibility index (Phi) is 10.3. The predicted molar refractivity (Wildman–Crippen MR) is 181 cm³/mol. The van der Waals surface area contributed by atoms with Crippen LogP contribution in [0.4, 0.5) is 0 Å². The van der Waals surface area contributed by atoms with Crippen LogP contribution in [0.25, 0.3) is 0 Å². The molecule has 1 amide bonds. The van der Waals surface area contributed by atoms with Gasteiger partial charge in [-0.05, 0) is 0 Å². The molecule has 0 bridgehead atoms. The van der Waals surface area contributed by atoms with Crippen molar-refractivity contribution in [3.05, 3.63) is 163 Å². The van der Waals surface area contributed by atoms with Gasteiger partial charge in [0.25, 0.3) is 0 Å². The first-order valence-electron chi connectivity index (χ1n) is 14.9. The molecule has 0 radical (unpaired) electrons. The molecule has 0 aliphatic carbocycles. The molecular formula is C38H41N2OP. The van der Waals surface area contributed by atoms with Crippen LogP contribution in [0.1, 0.15) is 18.1 Å². The maximum absolute atomic E-state index is 13.1. The molecule has 0 aliphatic rings. The first kappa shape index (κ1) is 29.5. The topological polar surface area (TPSA) is 23.6 Å². The van der Waals surface area contributed by atoms with Crippen LogP contribution in [0.5, 0.6) is 0 Å². The number of hydrogen-bond donors (Lipinski definition) is 0. The van der Waals surface area contributed by atoms with Crippen LogP contribution in [-0.2, 0) is 17.9 Å². The molecule has 5 aromatic carbocycles. The number of carbonyl (C=O) groups excluding carboxylic acids is 1. The fourth-order valence-corrected chi connectivity index (χ4v) is 10.7. The molecule has 0 N–H and O–H groups in total. The summed E-state index contributed by atoms with van der Waals surface area (Å²) >= 11 is 0. The van der Waals surface area contributed by atoms with Gasteiger partial charge in [0, 0.05) is 0 Å². The fraction of sp³-hybridized carbons (Fsp3) is 0.184. The summed E-state index contributed by atoms with van der Waals surface area (Å²) in [6, 6.07) is 54.1. The Bertz CT molecular complexity index is 1360. The SMILES string of the molecule is CC(=O)N(CCN(Cc1ccccc1)Cc1ccccc1)CC[PH](c1ccccc1)(c1ccccc1)c1ccccc1. The van der Waals surface area contributed by atoms with Crippen LogP contribution in [0.2, 0.25) is 0 Å². The molecule has 0 saturated carbocycles. The van der Waals surface area contributed by atoms with Gasteiger partial charge in [0.1, 0.15) is 0 Å². The summed E-state index contributed by atoms with van der Waals surface area (Å²) in [6.45, 7) is 5.62. The molecule has 3 nitrogen and oxygen atoms in total. The summed E-state index contributed by atoms with van der Waals surface area (Å²) in [6.07, 6.45) is 0.919. The van der Waals surface area contributed by atoms with E-state index in [1.807, 2.05) is 0 Å². The number of rotatable bonds is 13. The van der Waals surface area contributed by atoms with E-state index in [2.05, 4.69) is 161 Å². The van der Waals surface area contributed by atoms with E-state index < -0.39 is 7.26 Å². The van der Waals surface area contributed by atoms with Crippen LogP contribution >= 0.6 is 7.26 Å². The van der Waals surface area contributed by atoms with E-state index >= 15 is 0 Å². The molecular weight excluding hydrogens is 531 g/mol. The molecule has 0 saturated heterocycles. The van der Waals surface area contributed by atoms with Gasteiger partial charge < -0.3 is 0 Å². The van der Waals surface area contributed by atoms with Crippen molar-refractivity contribution in [2.24, 2.45) is 0 Å². The summed E-state index contributed by atoms with van der Waals surface area (Å²) in [4.78, 5) is 17.6.